The summed E-state index contributed by atoms with van der Waals surface area (Å²) in [5, 5.41) is 1.15. The maximum atomic E-state index is 5.20. The van der Waals surface area contributed by atoms with Crippen LogP contribution in [0.1, 0.15) is 23.3 Å². The lowest BCUT2D eigenvalue weighted by Crippen LogP contribution is -2.24. The van der Waals surface area contributed by atoms with Crippen LogP contribution >= 0.6 is 11.3 Å². The van der Waals surface area contributed by atoms with Crippen molar-refractivity contribution in [2.75, 3.05) is 12.0 Å². The summed E-state index contributed by atoms with van der Waals surface area (Å²) in [6.07, 6.45) is 4.53. The van der Waals surface area contributed by atoms with Gasteiger partial charge in [-0.25, -0.2) is 4.98 Å². The molecule has 1 heterocycles. The minimum atomic E-state index is 0.674. The van der Waals surface area contributed by atoms with Gasteiger partial charge in [0.25, 0.3) is 0 Å². The number of aromatic nitrogens is 1. The molecule has 0 atom stereocenters. The van der Waals surface area contributed by atoms with Crippen LogP contribution in [0.5, 0.6) is 5.75 Å². The van der Waals surface area contributed by atoms with Crippen LogP contribution in [-0.2, 0) is 6.54 Å². The maximum absolute atomic E-state index is 5.20. The second-order valence-electron chi connectivity index (χ2n) is 4.96. The molecule has 0 amide bonds. The highest BCUT2D eigenvalue weighted by molar-refractivity contribution is 7.15. The molecule has 0 aliphatic heterocycles. The van der Waals surface area contributed by atoms with E-state index in [0.717, 1.165) is 17.4 Å². The summed E-state index contributed by atoms with van der Waals surface area (Å²) in [6.45, 7) is 3.04. The van der Waals surface area contributed by atoms with Crippen LogP contribution in [-0.4, -0.2) is 18.1 Å². The number of rotatable bonds is 5. The molecule has 100 valence electrons. The number of anilines is 1. The molecular weight excluding hydrogens is 256 g/mol. The number of methoxy groups -OCH3 is 1. The third-order valence-electron chi connectivity index (χ3n) is 3.35. The predicted octanol–water partition coefficient (Wildman–Crippen LogP) is 3.63. The summed E-state index contributed by atoms with van der Waals surface area (Å²) >= 11 is 1.78. The summed E-state index contributed by atoms with van der Waals surface area (Å²) in [4.78, 5) is 8.23. The largest absolute Gasteiger partial charge is 0.497 e. The summed E-state index contributed by atoms with van der Waals surface area (Å²) in [5.41, 5.74) is 1.31. The highest BCUT2D eigenvalue weighted by Crippen LogP contribution is 2.35. The number of hydrogen-bond acceptors (Lipinski definition) is 4. The predicted molar refractivity (Wildman–Crippen MR) is 79.1 cm³/mol. The summed E-state index contributed by atoms with van der Waals surface area (Å²) in [7, 11) is 1.70. The Morgan fingerprint density at radius 2 is 2.05 bits per heavy atom. The van der Waals surface area contributed by atoms with E-state index in [1.165, 1.54) is 23.3 Å². The molecule has 0 unspecified atom stereocenters. The Kier molecular flexibility index (Phi) is 3.42. The van der Waals surface area contributed by atoms with Crippen LogP contribution in [0.3, 0.4) is 0 Å². The van der Waals surface area contributed by atoms with Crippen molar-refractivity contribution in [3.05, 3.63) is 40.9 Å². The first-order valence-corrected chi connectivity index (χ1v) is 7.40. The van der Waals surface area contributed by atoms with Gasteiger partial charge in [0.05, 0.1) is 7.11 Å². The van der Waals surface area contributed by atoms with Crippen LogP contribution in [0, 0.1) is 6.92 Å². The van der Waals surface area contributed by atoms with Crippen LogP contribution in [0.4, 0.5) is 5.13 Å². The van der Waals surface area contributed by atoms with Crippen molar-refractivity contribution in [2.45, 2.75) is 32.4 Å². The number of ether oxygens (including phenoxy) is 1. The van der Waals surface area contributed by atoms with Crippen molar-refractivity contribution >= 4 is 16.5 Å². The first kappa shape index (κ1) is 12.5. The van der Waals surface area contributed by atoms with E-state index in [0.29, 0.717) is 6.04 Å². The van der Waals surface area contributed by atoms with E-state index in [4.69, 9.17) is 4.74 Å². The Morgan fingerprint density at radius 1 is 1.32 bits per heavy atom. The van der Waals surface area contributed by atoms with E-state index in [1.54, 1.807) is 18.4 Å². The molecular formula is C15H18N2OS. The summed E-state index contributed by atoms with van der Waals surface area (Å²) in [6, 6.07) is 8.98. The van der Waals surface area contributed by atoms with Crippen LogP contribution in [0.15, 0.2) is 30.5 Å². The van der Waals surface area contributed by atoms with E-state index in [2.05, 4.69) is 28.9 Å². The maximum Gasteiger partial charge on any atom is 0.186 e. The molecule has 1 aromatic heterocycles. The minimum Gasteiger partial charge on any atom is -0.497 e. The van der Waals surface area contributed by atoms with Gasteiger partial charge in [-0.15, -0.1) is 11.3 Å². The first-order chi connectivity index (χ1) is 9.26. The standard InChI is InChI=1S/C15H18N2OS/c1-11-9-16-15(19-11)17(13-5-6-13)10-12-3-7-14(18-2)8-4-12/h3-4,7-9,13H,5-6,10H2,1-2H3. The van der Waals surface area contributed by atoms with Gasteiger partial charge in [0.1, 0.15) is 5.75 Å². The number of hydrogen-bond donors (Lipinski definition) is 0. The van der Waals surface area contributed by atoms with E-state index < -0.39 is 0 Å². The fraction of sp³-hybridized carbons (Fsp3) is 0.400. The molecule has 0 bridgehead atoms. The number of aryl methyl sites for hydroxylation is 1. The average Bonchev–Trinajstić information content (AvgIpc) is 3.19. The molecule has 1 fully saturated rings. The topological polar surface area (TPSA) is 25.4 Å². The van der Waals surface area contributed by atoms with Gasteiger partial charge in [0.15, 0.2) is 5.13 Å². The molecule has 0 N–H and O–H groups in total. The fourth-order valence-electron chi connectivity index (χ4n) is 2.14. The quantitative estimate of drug-likeness (QED) is 0.832. The Labute approximate surface area is 117 Å². The molecule has 0 saturated heterocycles. The average molecular weight is 274 g/mol. The molecule has 0 spiro atoms. The third kappa shape index (κ3) is 2.89. The highest BCUT2D eigenvalue weighted by Gasteiger charge is 2.30. The molecule has 1 aliphatic carbocycles. The van der Waals surface area contributed by atoms with Gasteiger partial charge in [-0.3, -0.25) is 0 Å². The Balaban J connectivity index is 1.77. The zero-order valence-corrected chi connectivity index (χ0v) is 12.1. The normalized spacial score (nSPS) is 14.4. The van der Waals surface area contributed by atoms with Gasteiger partial charge in [-0.05, 0) is 37.5 Å². The van der Waals surface area contributed by atoms with Gasteiger partial charge in [0, 0.05) is 23.7 Å². The summed E-state index contributed by atoms with van der Waals surface area (Å²) in [5.74, 6) is 0.909. The molecule has 0 radical (unpaired) electrons. The molecule has 1 aliphatic rings. The molecule has 1 saturated carbocycles. The van der Waals surface area contributed by atoms with Crippen LogP contribution < -0.4 is 9.64 Å². The third-order valence-corrected chi connectivity index (χ3v) is 4.30. The number of thiazole rings is 1. The molecule has 3 nitrogen and oxygen atoms in total. The molecule has 3 rings (SSSR count). The van der Waals surface area contributed by atoms with Crippen molar-refractivity contribution in [1.29, 1.82) is 0 Å². The van der Waals surface area contributed by atoms with Gasteiger partial charge in [0.2, 0.25) is 0 Å². The van der Waals surface area contributed by atoms with E-state index in [-0.39, 0.29) is 0 Å². The molecule has 2 aromatic rings. The van der Waals surface area contributed by atoms with Crippen LogP contribution in [0.2, 0.25) is 0 Å². The van der Waals surface area contributed by atoms with Gasteiger partial charge >= 0.3 is 0 Å². The van der Waals surface area contributed by atoms with Gasteiger partial charge < -0.3 is 9.64 Å². The Morgan fingerprint density at radius 3 is 2.58 bits per heavy atom. The van der Waals surface area contributed by atoms with Crippen molar-refractivity contribution < 1.29 is 4.74 Å². The van der Waals surface area contributed by atoms with Crippen molar-refractivity contribution in [2.24, 2.45) is 0 Å². The van der Waals surface area contributed by atoms with Crippen molar-refractivity contribution in [3.63, 3.8) is 0 Å². The van der Waals surface area contributed by atoms with Gasteiger partial charge in [-0.2, -0.15) is 0 Å². The fourth-order valence-corrected chi connectivity index (χ4v) is 2.97. The highest BCUT2D eigenvalue weighted by atomic mass is 32.1. The smallest absolute Gasteiger partial charge is 0.186 e. The van der Waals surface area contributed by atoms with E-state index >= 15 is 0 Å². The molecule has 19 heavy (non-hydrogen) atoms. The SMILES string of the molecule is COc1ccc(CN(c2ncc(C)s2)C2CC2)cc1. The lowest BCUT2D eigenvalue weighted by atomic mass is 10.2. The van der Waals surface area contributed by atoms with E-state index in [9.17, 15) is 0 Å². The Hall–Kier alpha value is -1.55. The lowest BCUT2D eigenvalue weighted by Gasteiger charge is -2.21. The van der Waals surface area contributed by atoms with Crippen molar-refractivity contribution in [3.8, 4) is 5.75 Å². The number of benzene rings is 1. The minimum absolute atomic E-state index is 0.674. The first-order valence-electron chi connectivity index (χ1n) is 6.58. The van der Waals surface area contributed by atoms with E-state index in [1.807, 2.05) is 18.3 Å². The lowest BCUT2D eigenvalue weighted by molar-refractivity contribution is 0.414. The molecule has 4 heteroatoms. The second-order valence-corrected chi connectivity index (χ2v) is 6.17. The van der Waals surface area contributed by atoms with Crippen molar-refractivity contribution in [1.82, 2.24) is 4.98 Å². The Bertz CT molecular complexity index is 546. The second kappa shape index (κ2) is 5.21. The number of nitrogens with zero attached hydrogens (tertiary/aromatic N) is 2. The monoisotopic (exact) mass is 274 g/mol. The van der Waals surface area contributed by atoms with Crippen LogP contribution in [0.25, 0.3) is 0 Å². The molecule has 1 aromatic carbocycles. The van der Waals surface area contributed by atoms with Gasteiger partial charge in [-0.1, -0.05) is 12.1 Å². The zero-order chi connectivity index (χ0) is 13.2. The zero-order valence-electron chi connectivity index (χ0n) is 11.3. The summed E-state index contributed by atoms with van der Waals surface area (Å²) < 4.78 is 5.20.